The molecule has 0 fully saturated rings. The SMILES string of the molecule is CCCCCCCCCCCC(=O)NOS(=O)(=O)OCC. The zero-order valence-electron chi connectivity index (χ0n) is 13.2. The van der Waals surface area contributed by atoms with E-state index in [9.17, 15) is 13.2 Å². The number of carbonyl (C=O) groups is 1. The predicted molar refractivity (Wildman–Crippen MR) is 81.6 cm³/mol. The van der Waals surface area contributed by atoms with Gasteiger partial charge >= 0.3 is 10.4 Å². The fourth-order valence-electron chi connectivity index (χ4n) is 1.91. The van der Waals surface area contributed by atoms with Crippen LogP contribution in [0.2, 0.25) is 0 Å². The van der Waals surface area contributed by atoms with Crippen molar-refractivity contribution >= 4 is 16.3 Å². The second kappa shape index (κ2) is 13.0. The topological polar surface area (TPSA) is 81.7 Å². The minimum Gasteiger partial charge on any atom is -0.273 e. The van der Waals surface area contributed by atoms with E-state index in [0.29, 0.717) is 0 Å². The maximum absolute atomic E-state index is 11.3. The average Bonchev–Trinajstić information content (AvgIpc) is 2.43. The van der Waals surface area contributed by atoms with Crippen molar-refractivity contribution in [1.82, 2.24) is 5.48 Å². The highest BCUT2D eigenvalue weighted by Crippen LogP contribution is 2.10. The second-order valence-corrected chi connectivity index (χ2v) is 6.22. The summed E-state index contributed by atoms with van der Waals surface area (Å²) in [6, 6.07) is 0. The highest BCUT2D eigenvalue weighted by molar-refractivity contribution is 7.81. The molecule has 0 aromatic rings. The van der Waals surface area contributed by atoms with Crippen LogP contribution in [0.5, 0.6) is 0 Å². The second-order valence-electron chi connectivity index (χ2n) is 5.00. The third kappa shape index (κ3) is 14.1. The summed E-state index contributed by atoms with van der Waals surface area (Å²) >= 11 is 0. The lowest BCUT2D eigenvalue weighted by atomic mass is 10.1. The molecule has 7 heteroatoms. The smallest absolute Gasteiger partial charge is 0.273 e. The van der Waals surface area contributed by atoms with Crippen LogP contribution in [-0.4, -0.2) is 20.9 Å². The van der Waals surface area contributed by atoms with Gasteiger partial charge in [0.05, 0.1) is 6.61 Å². The molecule has 0 unspecified atom stereocenters. The van der Waals surface area contributed by atoms with Crippen molar-refractivity contribution in [3.63, 3.8) is 0 Å². The molecule has 126 valence electrons. The van der Waals surface area contributed by atoms with Gasteiger partial charge in [0.2, 0.25) is 5.91 Å². The molecule has 1 N–H and O–H groups in total. The van der Waals surface area contributed by atoms with Gasteiger partial charge in [-0.25, -0.2) is 9.66 Å². The molecule has 0 aromatic carbocycles. The monoisotopic (exact) mass is 323 g/mol. The summed E-state index contributed by atoms with van der Waals surface area (Å²) in [5, 5.41) is 0. The molecule has 0 aromatic heterocycles. The molecule has 0 saturated carbocycles. The van der Waals surface area contributed by atoms with Crippen LogP contribution < -0.4 is 5.48 Å². The maximum Gasteiger partial charge on any atom is 0.420 e. The van der Waals surface area contributed by atoms with Crippen molar-refractivity contribution in [3.8, 4) is 0 Å². The molecule has 0 bridgehead atoms. The fourth-order valence-corrected chi connectivity index (χ4v) is 2.44. The van der Waals surface area contributed by atoms with E-state index < -0.39 is 16.3 Å². The molecule has 0 heterocycles. The van der Waals surface area contributed by atoms with Crippen molar-refractivity contribution in [1.29, 1.82) is 0 Å². The summed E-state index contributed by atoms with van der Waals surface area (Å²) in [5.41, 5.74) is 1.88. The van der Waals surface area contributed by atoms with Crippen LogP contribution in [0.3, 0.4) is 0 Å². The molecule has 1 amide bonds. The summed E-state index contributed by atoms with van der Waals surface area (Å²) in [7, 11) is -4.11. The average molecular weight is 323 g/mol. The minimum atomic E-state index is -4.11. The zero-order chi connectivity index (χ0) is 16.0. The lowest BCUT2D eigenvalue weighted by molar-refractivity contribution is -0.128. The Kier molecular flexibility index (Phi) is 12.6. The first-order chi connectivity index (χ1) is 10.0. The Morgan fingerprint density at radius 2 is 1.43 bits per heavy atom. The Balaban J connectivity index is 3.42. The van der Waals surface area contributed by atoms with E-state index >= 15 is 0 Å². The van der Waals surface area contributed by atoms with Crippen LogP contribution in [-0.2, 0) is 23.7 Å². The number of nitrogens with one attached hydrogen (secondary N) is 1. The molecule has 21 heavy (non-hydrogen) atoms. The summed E-state index contributed by atoms with van der Waals surface area (Å²) in [4.78, 5) is 11.3. The van der Waals surface area contributed by atoms with Gasteiger partial charge in [-0.2, -0.15) is 8.42 Å². The van der Waals surface area contributed by atoms with Gasteiger partial charge in [-0.05, 0) is 13.3 Å². The fraction of sp³-hybridized carbons (Fsp3) is 0.929. The van der Waals surface area contributed by atoms with Crippen LogP contribution >= 0.6 is 0 Å². The number of unbranched alkanes of at least 4 members (excludes halogenated alkanes) is 8. The molecule has 0 spiro atoms. The number of amides is 1. The number of hydroxylamine groups is 1. The van der Waals surface area contributed by atoms with Gasteiger partial charge in [-0.15, -0.1) is 4.28 Å². The van der Waals surface area contributed by atoms with Gasteiger partial charge in [0, 0.05) is 6.42 Å². The number of hydrogen-bond donors (Lipinski definition) is 1. The van der Waals surface area contributed by atoms with E-state index in [1.54, 1.807) is 0 Å². The van der Waals surface area contributed by atoms with Crippen molar-refractivity contribution < 1.29 is 21.7 Å². The first-order valence-corrected chi connectivity index (χ1v) is 9.21. The highest BCUT2D eigenvalue weighted by Gasteiger charge is 2.12. The van der Waals surface area contributed by atoms with Gasteiger partial charge in [0.15, 0.2) is 0 Å². The van der Waals surface area contributed by atoms with Crippen LogP contribution in [0.1, 0.15) is 78.1 Å². The molecule has 6 nitrogen and oxygen atoms in total. The first-order valence-electron chi connectivity index (χ1n) is 7.88. The molecule has 0 aliphatic carbocycles. The van der Waals surface area contributed by atoms with Crippen molar-refractivity contribution in [2.75, 3.05) is 6.61 Å². The minimum absolute atomic E-state index is 0.0313. The Morgan fingerprint density at radius 3 is 1.95 bits per heavy atom. The predicted octanol–water partition coefficient (Wildman–Crippen LogP) is 3.24. The lowest BCUT2D eigenvalue weighted by Gasteiger charge is -2.05. The van der Waals surface area contributed by atoms with Gasteiger partial charge in [-0.3, -0.25) is 4.79 Å². The van der Waals surface area contributed by atoms with Crippen LogP contribution in [0.15, 0.2) is 0 Å². The molecular weight excluding hydrogens is 294 g/mol. The summed E-state index contributed by atoms with van der Waals surface area (Å²) in [6.07, 6.45) is 10.7. The van der Waals surface area contributed by atoms with E-state index in [0.717, 1.165) is 19.3 Å². The summed E-state index contributed by atoms with van der Waals surface area (Å²) < 4.78 is 30.5. The largest absolute Gasteiger partial charge is 0.420 e. The Bertz CT molecular complexity index is 356. The van der Waals surface area contributed by atoms with E-state index in [1.807, 2.05) is 5.48 Å². The maximum atomic E-state index is 11.3. The van der Waals surface area contributed by atoms with Crippen LogP contribution in [0, 0.1) is 0 Å². The molecule has 0 atom stereocenters. The molecule has 0 rings (SSSR count). The highest BCUT2D eigenvalue weighted by atomic mass is 32.3. The van der Waals surface area contributed by atoms with Gasteiger partial charge in [0.25, 0.3) is 0 Å². The molecule has 0 radical (unpaired) electrons. The van der Waals surface area contributed by atoms with Gasteiger partial charge < -0.3 is 0 Å². The number of carbonyl (C=O) groups excluding carboxylic acids is 1. The van der Waals surface area contributed by atoms with Crippen molar-refractivity contribution in [2.24, 2.45) is 0 Å². The molecular formula is C14H29NO5S. The van der Waals surface area contributed by atoms with E-state index in [4.69, 9.17) is 0 Å². The summed E-state index contributed by atoms with van der Waals surface area (Å²) in [5.74, 6) is -0.443. The van der Waals surface area contributed by atoms with E-state index in [1.165, 1.54) is 45.4 Å². The summed E-state index contributed by atoms with van der Waals surface area (Å²) in [6.45, 7) is 3.69. The standard InChI is InChI=1S/C14H29NO5S/c1-3-5-6-7-8-9-10-11-12-13-14(16)15-20-21(17,18)19-4-2/h3-13H2,1-2H3,(H,15,16). The quantitative estimate of drug-likeness (QED) is 0.392. The lowest BCUT2D eigenvalue weighted by Crippen LogP contribution is -2.27. The molecule has 0 saturated heterocycles. The first kappa shape index (κ1) is 20.3. The van der Waals surface area contributed by atoms with Crippen LogP contribution in [0.4, 0.5) is 0 Å². The van der Waals surface area contributed by atoms with Gasteiger partial charge in [0.1, 0.15) is 0 Å². The normalized spacial score (nSPS) is 11.5. The third-order valence-corrected chi connectivity index (χ3v) is 3.84. The zero-order valence-corrected chi connectivity index (χ0v) is 14.0. The number of hydrogen-bond acceptors (Lipinski definition) is 5. The molecule has 0 aliphatic heterocycles. The Labute approximate surface area is 128 Å². The van der Waals surface area contributed by atoms with E-state index in [-0.39, 0.29) is 13.0 Å². The van der Waals surface area contributed by atoms with Gasteiger partial charge in [-0.1, -0.05) is 58.3 Å². The third-order valence-electron chi connectivity index (χ3n) is 3.03. The van der Waals surface area contributed by atoms with Crippen LogP contribution in [0.25, 0.3) is 0 Å². The van der Waals surface area contributed by atoms with Crippen molar-refractivity contribution in [3.05, 3.63) is 0 Å². The Morgan fingerprint density at radius 1 is 0.905 bits per heavy atom. The van der Waals surface area contributed by atoms with E-state index in [2.05, 4.69) is 15.4 Å². The van der Waals surface area contributed by atoms with Crippen molar-refractivity contribution in [2.45, 2.75) is 78.1 Å². The Hall–Kier alpha value is -0.660. The number of rotatable bonds is 14. The molecule has 0 aliphatic rings.